The molecule has 394 valence electrons. The van der Waals surface area contributed by atoms with Gasteiger partial charge in [0.15, 0.2) is 0 Å². The van der Waals surface area contributed by atoms with Crippen molar-refractivity contribution >= 4 is 164 Å². The topological polar surface area (TPSA) is 16.3 Å². The Morgan fingerprint density at radius 3 is 1.08 bits per heavy atom. The SMILES string of the molecule is c1ccc(-c2cc3c(c4sc5ccccc5c24)B2c4c(cccc4N(c4ccc5c6ccccc6n(-c6ccccc6)c5c4)c4cc(-c5ccccc5)c5c(sc6ccccc65)c42)N3c2ccc3c4ccccc4n(-c4ccccc4)c3c2)cc1. The summed E-state index contributed by atoms with van der Waals surface area (Å²) in [5.74, 6) is 0. The summed E-state index contributed by atoms with van der Waals surface area (Å²) in [5.41, 5.74) is 22.8. The molecule has 0 aliphatic carbocycles. The number of rotatable bonds is 6. The van der Waals surface area contributed by atoms with Crippen LogP contribution >= 0.6 is 22.7 Å². The van der Waals surface area contributed by atoms with Crippen molar-refractivity contribution < 1.29 is 0 Å². The molecule has 6 heterocycles. The van der Waals surface area contributed by atoms with E-state index in [-0.39, 0.29) is 6.71 Å². The Bertz CT molecular complexity index is 5280. The number of para-hydroxylation sites is 4. The number of aromatic nitrogens is 2. The van der Waals surface area contributed by atoms with Crippen LogP contribution < -0.4 is 26.2 Å². The first-order chi connectivity index (χ1) is 42.2. The maximum Gasteiger partial charge on any atom is 0.255 e. The van der Waals surface area contributed by atoms with Gasteiger partial charge in [0.05, 0.1) is 22.1 Å². The molecule has 2 aliphatic rings. The Balaban J connectivity index is 0.985. The molecule has 85 heavy (non-hydrogen) atoms. The van der Waals surface area contributed by atoms with Gasteiger partial charge in [0, 0.05) is 107 Å². The van der Waals surface area contributed by atoms with Gasteiger partial charge in [-0.2, -0.15) is 0 Å². The molecule has 0 unspecified atom stereocenters. The molecular weight excluding hydrogens is 1070 g/mol. The van der Waals surface area contributed by atoms with Crippen LogP contribution in [0.15, 0.2) is 285 Å². The summed E-state index contributed by atoms with van der Waals surface area (Å²) in [6, 6.07) is 107. The molecule has 0 amide bonds. The normalized spacial score (nSPS) is 12.9. The van der Waals surface area contributed by atoms with Crippen LogP contribution in [0, 0.1) is 0 Å². The summed E-state index contributed by atoms with van der Waals surface area (Å²) in [4.78, 5) is 5.26. The lowest BCUT2D eigenvalue weighted by Gasteiger charge is -2.44. The molecule has 13 aromatic carbocycles. The number of hydrogen-bond acceptors (Lipinski definition) is 4. The largest absolute Gasteiger partial charge is 0.311 e. The number of fused-ring (bicyclic) bond motifs is 18. The maximum atomic E-state index is 2.63. The molecule has 0 fully saturated rings. The lowest BCUT2D eigenvalue weighted by atomic mass is 9.33. The molecule has 17 aromatic rings. The van der Waals surface area contributed by atoms with E-state index in [4.69, 9.17) is 0 Å². The van der Waals surface area contributed by atoms with Gasteiger partial charge in [0.25, 0.3) is 6.71 Å². The standard InChI is InChI=1S/C78H47BN4S2/c1-5-22-48(23-6-1)60-46-68-75(77-72(60)58-32-15-19-38-70(58)84-77)79-74-64(82(68)52-40-42-56-54-30-13-17-34-62(54)80(66(56)44-52)50-26-9-3-10-27-50)36-21-37-65(74)83(53-41-43-57-55-31-14-18-35-63(55)81(67(57)45-53)51-28-11-4-12-29-51)69-47-61(49-24-7-2-8-25-49)73-59-33-16-20-39-71(59)85-78(73)76(69)79/h1-47H. The van der Waals surface area contributed by atoms with Crippen molar-refractivity contribution in [2.45, 2.75) is 0 Å². The second kappa shape index (κ2) is 18.0. The van der Waals surface area contributed by atoms with Crippen molar-refractivity contribution in [2.75, 3.05) is 9.80 Å². The molecule has 0 saturated heterocycles. The molecule has 0 atom stereocenters. The minimum Gasteiger partial charge on any atom is -0.311 e. The van der Waals surface area contributed by atoms with Gasteiger partial charge in [-0.05, 0) is 136 Å². The van der Waals surface area contributed by atoms with Crippen LogP contribution in [0.1, 0.15) is 0 Å². The monoisotopic (exact) mass is 1110 g/mol. The molecule has 0 saturated carbocycles. The van der Waals surface area contributed by atoms with E-state index in [0.29, 0.717) is 0 Å². The molecule has 4 aromatic heterocycles. The van der Waals surface area contributed by atoms with E-state index in [1.165, 1.54) is 145 Å². The zero-order chi connectivity index (χ0) is 55.4. The minimum absolute atomic E-state index is 0.163. The third-order valence-corrected chi connectivity index (χ3v) is 20.7. The van der Waals surface area contributed by atoms with E-state index in [1.807, 2.05) is 22.7 Å². The quantitative estimate of drug-likeness (QED) is 0.154. The number of thiophene rings is 2. The molecule has 7 heteroatoms. The average molecular weight is 1120 g/mol. The van der Waals surface area contributed by atoms with Gasteiger partial charge in [-0.1, -0.05) is 188 Å². The molecule has 0 bridgehead atoms. The Labute approximate surface area is 498 Å². The highest BCUT2D eigenvalue weighted by atomic mass is 32.1. The number of hydrogen-bond donors (Lipinski definition) is 0. The van der Waals surface area contributed by atoms with E-state index in [1.54, 1.807) is 0 Å². The molecule has 0 spiro atoms. The van der Waals surface area contributed by atoms with Crippen LogP contribution in [-0.2, 0) is 0 Å². The fraction of sp³-hybridized carbons (Fsp3) is 0. The van der Waals surface area contributed by atoms with E-state index < -0.39 is 0 Å². The summed E-state index contributed by atoms with van der Waals surface area (Å²) >= 11 is 3.91. The first-order valence-corrected chi connectivity index (χ1v) is 30.8. The van der Waals surface area contributed by atoms with Crippen molar-refractivity contribution in [3.8, 4) is 33.6 Å². The number of nitrogens with zero attached hydrogens (tertiary/aromatic N) is 4. The van der Waals surface area contributed by atoms with Crippen LogP contribution in [-0.4, -0.2) is 15.8 Å². The summed E-state index contributed by atoms with van der Waals surface area (Å²) in [6.45, 7) is -0.163. The highest BCUT2D eigenvalue weighted by Crippen LogP contribution is 2.53. The number of anilines is 6. The molecular formula is C78H47BN4S2. The molecule has 0 N–H and O–H groups in total. The second-order valence-corrected chi connectivity index (χ2v) is 24.7. The Morgan fingerprint density at radius 2 is 0.635 bits per heavy atom. The highest BCUT2D eigenvalue weighted by Gasteiger charge is 2.47. The van der Waals surface area contributed by atoms with Crippen LogP contribution in [0.25, 0.3) is 118 Å². The fourth-order valence-corrected chi connectivity index (χ4v) is 17.4. The van der Waals surface area contributed by atoms with Crippen molar-refractivity contribution in [1.82, 2.24) is 9.13 Å². The van der Waals surface area contributed by atoms with Gasteiger partial charge in [-0.3, -0.25) is 0 Å². The third-order valence-electron chi connectivity index (χ3n) is 18.3. The summed E-state index contributed by atoms with van der Waals surface area (Å²) in [6.07, 6.45) is 0. The molecule has 0 radical (unpaired) electrons. The lowest BCUT2D eigenvalue weighted by molar-refractivity contribution is 1.18. The smallest absolute Gasteiger partial charge is 0.255 e. The Kier molecular flexibility index (Phi) is 9.99. The van der Waals surface area contributed by atoms with Gasteiger partial charge in [0.1, 0.15) is 0 Å². The summed E-state index contributed by atoms with van der Waals surface area (Å²) < 4.78 is 10.1. The van der Waals surface area contributed by atoms with Crippen molar-refractivity contribution in [3.05, 3.63) is 285 Å². The van der Waals surface area contributed by atoms with Crippen LogP contribution in [0.4, 0.5) is 34.1 Å². The van der Waals surface area contributed by atoms with Crippen molar-refractivity contribution in [2.24, 2.45) is 0 Å². The van der Waals surface area contributed by atoms with Crippen LogP contribution in [0.2, 0.25) is 0 Å². The van der Waals surface area contributed by atoms with Crippen LogP contribution in [0.5, 0.6) is 0 Å². The summed E-state index contributed by atoms with van der Waals surface area (Å²) in [7, 11) is 0. The molecule has 2 aliphatic heterocycles. The predicted molar refractivity (Wildman–Crippen MR) is 366 cm³/mol. The molecule has 19 rings (SSSR count). The maximum absolute atomic E-state index is 2.63. The van der Waals surface area contributed by atoms with Gasteiger partial charge >= 0.3 is 0 Å². The van der Waals surface area contributed by atoms with E-state index in [2.05, 4.69) is 304 Å². The average Bonchev–Trinajstić information content (AvgIpc) is 1.73. The van der Waals surface area contributed by atoms with Crippen LogP contribution in [0.3, 0.4) is 0 Å². The van der Waals surface area contributed by atoms with E-state index in [0.717, 1.165) is 22.7 Å². The molecule has 4 nitrogen and oxygen atoms in total. The van der Waals surface area contributed by atoms with Crippen molar-refractivity contribution in [1.29, 1.82) is 0 Å². The highest BCUT2D eigenvalue weighted by molar-refractivity contribution is 7.30. The number of benzene rings is 13. The van der Waals surface area contributed by atoms with Gasteiger partial charge in [0.2, 0.25) is 0 Å². The minimum atomic E-state index is -0.163. The zero-order valence-corrected chi connectivity index (χ0v) is 47.5. The Morgan fingerprint density at radius 1 is 0.259 bits per heavy atom. The first-order valence-electron chi connectivity index (χ1n) is 29.2. The van der Waals surface area contributed by atoms with E-state index >= 15 is 0 Å². The van der Waals surface area contributed by atoms with Crippen molar-refractivity contribution in [3.63, 3.8) is 0 Å². The fourth-order valence-electron chi connectivity index (χ4n) is 14.8. The second-order valence-electron chi connectivity index (χ2n) is 22.6. The summed E-state index contributed by atoms with van der Waals surface area (Å²) in [5, 5.41) is 10.1. The van der Waals surface area contributed by atoms with Gasteiger partial charge in [-0.15, -0.1) is 22.7 Å². The predicted octanol–water partition coefficient (Wildman–Crippen LogP) is 20.0. The Hall–Kier alpha value is -10.4. The first kappa shape index (κ1) is 47.1. The van der Waals surface area contributed by atoms with E-state index in [9.17, 15) is 0 Å². The third kappa shape index (κ3) is 6.68. The van der Waals surface area contributed by atoms with Gasteiger partial charge in [-0.25, -0.2) is 0 Å². The zero-order valence-electron chi connectivity index (χ0n) is 45.8. The van der Waals surface area contributed by atoms with Gasteiger partial charge < -0.3 is 18.9 Å². The lowest BCUT2D eigenvalue weighted by Crippen LogP contribution is -2.61.